The molecule has 1 fully saturated rings. The van der Waals surface area contributed by atoms with Crippen molar-refractivity contribution in [2.75, 3.05) is 9.80 Å². The quantitative estimate of drug-likeness (QED) is 0.122. The summed E-state index contributed by atoms with van der Waals surface area (Å²) in [5, 5.41) is 6.36. The van der Waals surface area contributed by atoms with E-state index in [9.17, 15) is 25.8 Å². The van der Waals surface area contributed by atoms with Crippen LogP contribution < -0.4 is 15.3 Å². The molecule has 0 bridgehead atoms. The molecule has 512 valence electrons. The van der Waals surface area contributed by atoms with Crippen molar-refractivity contribution in [3.8, 4) is 11.1 Å². The molecule has 2 aromatic heterocycles. The third kappa shape index (κ3) is 15.1. The van der Waals surface area contributed by atoms with Gasteiger partial charge in [0.15, 0.2) is 5.78 Å². The van der Waals surface area contributed by atoms with Gasteiger partial charge in [0.05, 0.1) is 79.1 Å². The van der Waals surface area contributed by atoms with E-state index in [0.717, 1.165) is 38.0 Å². The second kappa shape index (κ2) is 31.9. The molecule has 7 heterocycles. The maximum absolute atomic E-state index is 13.4. The van der Waals surface area contributed by atoms with Crippen LogP contribution in [0.5, 0.6) is 0 Å². The van der Waals surface area contributed by atoms with Crippen molar-refractivity contribution in [2.24, 2.45) is 0 Å². The minimum absolute atomic E-state index is 0. The van der Waals surface area contributed by atoms with E-state index in [0.29, 0.717) is 18.7 Å². The number of thiophene rings is 2. The standard InChI is InChI=1S/C32H23NO3S2.C25H28BNO2S.C12H6Br2O3S2.H3P.S7.S4/c1-32(2)24-10-4-6-12-26(24)33(27-13-7-5-11-25(27)32)31-21(17-18-37-31)20-15-16-29-23(19-20)30(34)22-9-3-8-14-28(22)38(29,35)36;1-23(2)17-11-7-9-13-20(17)27(21-14-10-8-12-18(21)23)22-19(15-16-30-22)26-28-24(3,4)25(5,6)29-26;13-7-2-4-11-10(5-7)18(15)9-3-1-8(14)6-12(9)19(11,16)17;;1-3-5-7-6-4-2;1-3-4-2/h3-19H,1-2H3;7-16H,1-6H3;1-6H;1H3;;. The monoisotopic (exact) mass is 1760 g/mol. The highest BCUT2D eigenvalue weighted by Gasteiger charge is 2.53. The molecule has 2 unspecified atom stereocenters. The summed E-state index contributed by atoms with van der Waals surface area (Å²) in [6.45, 7) is 17.5. The molecule has 8 aromatic carbocycles. The fraction of sp³-hybridized carbons (Fsp3) is 0.174. The number of carbonyl (C=O) groups excluding carboxylic acids is 1. The maximum Gasteiger partial charge on any atom is 0.497 e. The number of carbonyl (C=O) groups is 1. The number of fused-ring (bicyclic) bond motifs is 8. The fourth-order valence-corrected chi connectivity index (χ4v) is 28.8. The van der Waals surface area contributed by atoms with Gasteiger partial charge >= 0.3 is 7.12 Å². The molecule has 10 aromatic rings. The van der Waals surface area contributed by atoms with Gasteiger partial charge in [0.25, 0.3) is 0 Å². The number of rotatable bonds is 4. The van der Waals surface area contributed by atoms with Crippen LogP contribution in [-0.2, 0) is 158 Å². The van der Waals surface area contributed by atoms with Gasteiger partial charge in [-0.3, -0.25) is 4.79 Å². The van der Waals surface area contributed by atoms with E-state index in [1.165, 1.54) is 87.3 Å². The van der Waals surface area contributed by atoms with Crippen LogP contribution in [0.3, 0.4) is 0 Å². The van der Waals surface area contributed by atoms with Crippen molar-refractivity contribution in [3.05, 3.63) is 241 Å². The molecule has 0 radical (unpaired) electrons. The average molecular weight is 1760 g/mol. The van der Waals surface area contributed by atoms with Gasteiger partial charge in [-0.15, -0.1) is 22.7 Å². The predicted octanol–water partition coefficient (Wildman–Crippen LogP) is 17.6. The summed E-state index contributed by atoms with van der Waals surface area (Å²) in [5.41, 5.74) is 12.1. The van der Waals surface area contributed by atoms with Crippen LogP contribution in [0.15, 0.2) is 237 Å². The van der Waals surface area contributed by atoms with Crippen molar-refractivity contribution >= 4 is 253 Å². The van der Waals surface area contributed by atoms with Gasteiger partial charge in [-0.25, -0.2) is 21.0 Å². The molecule has 5 aliphatic rings. The van der Waals surface area contributed by atoms with Gasteiger partial charge < -0.3 is 19.1 Å². The first-order valence-corrected chi connectivity index (χ1v) is 49.1. The molecule has 1 saturated heterocycles. The van der Waals surface area contributed by atoms with E-state index >= 15 is 0 Å². The lowest BCUT2D eigenvalue weighted by Crippen LogP contribution is -2.41. The number of sulfone groups is 2. The van der Waals surface area contributed by atoms with Crippen LogP contribution in [0, 0.1) is 0 Å². The summed E-state index contributed by atoms with van der Waals surface area (Å²) in [5.74, 6) is -0.264. The normalized spacial score (nSPS) is 16.9. The predicted molar refractivity (Wildman–Crippen MR) is 449 cm³/mol. The van der Waals surface area contributed by atoms with Crippen molar-refractivity contribution in [1.82, 2.24) is 0 Å². The first-order valence-electron chi connectivity index (χ1n) is 29.6. The second-order valence-electron chi connectivity index (χ2n) is 24.4. The Morgan fingerprint density at radius 3 is 1.41 bits per heavy atom. The molecule has 0 spiro atoms. The summed E-state index contributed by atoms with van der Waals surface area (Å²) in [6, 6.07) is 59.6. The molecule has 2 atom stereocenters. The Morgan fingerprint density at radius 1 is 0.455 bits per heavy atom. The van der Waals surface area contributed by atoms with E-state index in [1.54, 1.807) is 104 Å². The number of anilines is 6. The maximum atomic E-state index is 13.4. The zero-order valence-corrected chi connectivity index (χ0v) is 71.4. The Balaban J connectivity index is 0.000000154. The molecule has 0 aliphatic carbocycles. The minimum Gasteiger partial charge on any atom is -0.399 e. The third-order valence-electron chi connectivity index (χ3n) is 17.7. The fourth-order valence-electron chi connectivity index (χ4n) is 12.3. The first-order chi connectivity index (χ1) is 46.7. The van der Waals surface area contributed by atoms with Gasteiger partial charge in [0.2, 0.25) is 19.7 Å². The highest BCUT2D eigenvalue weighted by molar-refractivity contribution is 9.10. The molecule has 0 N–H and O–H groups in total. The largest absolute Gasteiger partial charge is 0.497 e. The molecular weight excluding hydrogens is 1700 g/mol. The van der Waals surface area contributed by atoms with Crippen LogP contribution in [0.2, 0.25) is 0 Å². The molecule has 15 rings (SSSR count). The summed E-state index contributed by atoms with van der Waals surface area (Å²) < 4.78 is 78.4. The van der Waals surface area contributed by atoms with Gasteiger partial charge in [-0.1, -0.05) is 151 Å². The number of nitrogens with zero attached hydrogens (tertiary/aromatic N) is 2. The van der Waals surface area contributed by atoms with Gasteiger partial charge in [-0.2, -0.15) is 9.90 Å². The van der Waals surface area contributed by atoms with Crippen LogP contribution in [0.4, 0.5) is 32.8 Å². The molecular formula is C69H60BBr2N2O8PS16. The minimum atomic E-state index is -3.77. The van der Waals surface area contributed by atoms with E-state index in [-0.39, 0.29) is 75.5 Å². The molecule has 0 saturated carbocycles. The summed E-state index contributed by atoms with van der Waals surface area (Å²) >= 11 is 27.7. The van der Waals surface area contributed by atoms with Crippen molar-refractivity contribution in [2.45, 2.75) is 107 Å². The summed E-state index contributed by atoms with van der Waals surface area (Å²) in [4.78, 5) is 19.1. The van der Waals surface area contributed by atoms with E-state index < -0.39 is 30.5 Å². The Labute approximate surface area is 648 Å². The van der Waals surface area contributed by atoms with Gasteiger partial charge in [0.1, 0.15) is 5.00 Å². The molecule has 0 amide bonds. The van der Waals surface area contributed by atoms with E-state index in [2.05, 4.69) is 250 Å². The number of hydrogen-bond acceptors (Lipinski definition) is 16. The smallest absolute Gasteiger partial charge is 0.399 e. The number of para-hydroxylation sites is 4. The van der Waals surface area contributed by atoms with E-state index in [1.807, 2.05) is 17.5 Å². The van der Waals surface area contributed by atoms with Crippen LogP contribution in [-0.4, -0.2) is 45.1 Å². The zero-order chi connectivity index (χ0) is 70.3. The zero-order valence-electron chi connectivity index (χ0n) is 53.8. The van der Waals surface area contributed by atoms with E-state index in [4.69, 9.17) is 9.31 Å². The molecule has 10 nitrogen and oxygen atoms in total. The first kappa shape index (κ1) is 77.9. The van der Waals surface area contributed by atoms with Crippen LogP contribution in [0.25, 0.3) is 11.1 Å². The Hall–Kier alpha value is -3.73. The number of hydrogen-bond donors (Lipinski definition) is 0. The highest BCUT2D eigenvalue weighted by atomic mass is 79.9. The molecule has 30 heteroatoms. The molecule has 99 heavy (non-hydrogen) atoms. The lowest BCUT2D eigenvalue weighted by atomic mass is 9.73. The summed E-state index contributed by atoms with van der Waals surface area (Å²) in [7, 11) is 0.449. The second-order valence-corrected chi connectivity index (χ2v) is 45.6. The topological polar surface area (TPSA) is 127 Å². The number of benzene rings is 8. The lowest BCUT2D eigenvalue weighted by molar-refractivity contribution is 0.00578. The third-order valence-corrected chi connectivity index (χ3v) is 37.1. The van der Waals surface area contributed by atoms with Gasteiger partial charge in [0, 0.05) is 149 Å². The van der Waals surface area contributed by atoms with Crippen molar-refractivity contribution < 1.29 is 35.1 Å². The van der Waals surface area contributed by atoms with Crippen molar-refractivity contribution in [1.29, 1.82) is 0 Å². The lowest BCUT2D eigenvalue weighted by Gasteiger charge is -2.41. The Bertz CT molecular complexity index is 5330. The van der Waals surface area contributed by atoms with Crippen LogP contribution in [0.1, 0.15) is 93.6 Å². The highest BCUT2D eigenvalue weighted by Crippen LogP contribution is 2.56. The SMILES string of the molecule is CC1(C)c2ccccc2N(c2sccc2-c2ccc3c(c2)C(=O)c2ccccc2S3(=O)=O)c2ccccc21.CC1(C)c2ccccc2N(c2sccc2B2OC(C)(C)C(C)(C)O2)c2ccccc21.O=S1c2cc(Br)ccc2S(=O)(=O)c2cc(Br)ccc21.P.S=S=S=S.S=S=S=S=S=S=S. The number of ketones is 1. The summed E-state index contributed by atoms with van der Waals surface area (Å²) in [6.07, 6.45) is 0. The van der Waals surface area contributed by atoms with Crippen molar-refractivity contribution in [3.63, 3.8) is 0 Å². The Morgan fingerprint density at radius 2 is 0.889 bits per heavy atom. The average Bonchev–Trinajstić information content (AvgIpc) is 1.63. The number of halogens is 2. The van der Waals surface area contributed by atoms with Gasteiger partial charge in [-0.05, 0) is 163 Å². The Kier molecular flexibility index (Phi) is 25.1. The van der Waals surface area contributed by atoms with Crippen LogP contribution >= 0.6 is 64.4 Å². The molecule has 5 aliphatic heterocycles.